The number of carbonyl (C=O) groups excluding carboxylic acids is 6. The molecule has 0 aliphatic rings. The Labute approximate surface area is 660 Å². The summed E-state index contributed by atoms with van der Waals surface area (Å²) in [5.41, 5.74) is 8.83. The summed E-state index contributed by atoms with van der Waals surface area (Å²) >= 11 is 0. The Bertz CT molecular complexity index is 3750. The van der Waals surface area contributed by atoms with Gasteiger partial charge in [-0.3, -0.25) is 19.9 Å². The van der Waals surface area contributed by atoms with E-state index in [0.717, 1.165) is 77.0 Å². The van der Waals surface area contributed by atoms with E-state index < -0.39 is 71.3 Å². The quantitative estimate of drug-likeness (QED) is 0.0721. The first-order valence-corrected chi connectivity index (χ1v) is 33.1. The van der Waals surface area contributed by atoms with Gasteiger partial charge in [-0.05, 0) is 96.2 Å². The summed E-state index contributed by atoms with van der Waals surface area (Å²) in [6.07, 6.45) is 10.7. The molecule has 0 aliphatic carbocycles. The molecule has 526 valence electrons. The number of carboxylic acids is 6. The number of carbonyl (C=O) groups is 6. The van der Waals surface area contributed by atoms with Crippen LogP contribution in [0.4, 0.5) is 0 Å². The van der Waals surface area contributed by atoms with Crippen LogP contribution in [0.15, 0.2) is 280 Å². The summed E-state index contributed by atoms with van der Waals surface area (Å²) in [4.78, 5) is 81.1. The Kier molecular flexibility index (Phi) is 41.5. The molecule has 0 aliphatic heterocycles. The van der Waals surface area contributed by atoms with Crippen LogP contribution >= 0.6 is 0 Å². The monoisotopic (exact) mass is 1650 g/mol. The molecule has 18 heteroatoms. The minimum Gasteiger partial charge on any atom is -0.549 e. The van der Waals surface area contributed by atoms with Crippen molar-refractivity contribution in [1.29, 1.82) is 0 Å². The predicted octanol–water partition coefficient (Wildman–Crippen LogP) is 11.1. The van der Waals surface area contributed by atoms with Crippen LogP contribution in [0.2, 0.25) is 0 Å². The Hall–Kier alpha value is -9.13. The van der Waals surface area contributed by atoms with E-state index in [9.17, 15) is 59.4 Å². The fourth-order valence-electron chi connectivity index (χ4n) is 10.7. The molecule has 0 saturated carbocycles. The van der Waals surface area contributed by atoms with Gasteiger partial charge >= 0.3 is 79.9 Å². The molecule has 0 bridgehead atoms. The van der Waals surface area contributed by atoms with Crippen molar-refractivity contribution in [2.45, 2.75) is 116 Å². The van der Waals surface area contributed by atoms with E-state index in [4.69, 9.17) is 0 Å². The summed E-state index contributed by atoms with van der Waals surface area (Å²) in [5.74, 6) is -8.78. The second-order valence-corrected chi connectivity index (χ2v) is 22.6. The van der Waals surface area contributed by atoms with Crippen molar-refractivity contribution in [2.24, 2.45) is 0 Å². The number of rotatable bonds is 18. The van der Waals surface area contributed by atoms with Crippen LogP contribution in [0.3, 0.4) is 0 Å². The molecule has 4 aromatic heterocycles. The third kappa shape index (κ3) is 28.4. The van der Waals surface area contributed by atoms with Gasteiger partial charge in [0.2, 0.25) is 0 Å². The topological polar surface area (TPSA) is 292 Å². The number of hydrogen-bond acceptors (Lipinski definition) is 16. The van der Waals surface area contributed by atoms with Crippen molar-refractivity contribution >= 4 is 79.4 Å². The molecule has 102 heavy (non-hydrogen) atoms. The number of aliphatic carboxylic acids is 6. The first-order valence-electron chi connectivity index (χ1n) is 33.1. The van der Waals surface area contributed by atoms with Crippen LogP contribution in [-0.2, 0) is 28.8 Å². The van der Waals surface area contributed by atoms with E-state index >= 15 is 0 Å². The molecule has 0 spiro atoms. The molecule has 4 heterocycles. The number of fused-ring (bicyclic) bond motifs is 6. The smallest absolute Gasteiger partial charge is 0.549 e. The van der Waals surface area contributed by atoms with Crippen molar-refractivity contribution in [2.75, 3.05) is 0 Å². The van der Waals surface area contributed by atoms with Gasteiger partial charge < -0.3 is 59.4 Å². The van der Waals surface area contributed by atoms with Gasteiger partial charge in [-0.15, -0.1) is 0 Å². The predicted molar refractivity (Wildman–Crippen MR) is 381 cm³/mol. The van der Waals surface area contributed by atoms with Gasteiger partial charge in [0.05, 0.1) is 22.1 Å². The van der Waals surface area contributed by atoms with Gasteiger partial charge in [0.25, 0.3) is 0 Å². The summed E-state index contributed by atoms with van der Waals surface area (Å²) in [7, 11) is 0. The van der Waals surface area contributed by atoms with E-state index in [1.807, 2.05) is 248 Å². The van der Waals surface area contributed by atoms with Crippen molar-refractivity contribution in [1.82, 2.24) is 19.9 Å². The standard InChI is InChI=1S/2C12H8N2.6C10H12O2.2Gd/c2*1-3-9-5-6-10-4-2-8-14-12(10)11(9)13-7-1;6*1-2-9(10(11)12)8-6-4-3-5-7-8;;/h2*1-8H;6*3-7,9H,2H2,1H3,(H,11,12);;/q;;;;;;;;2*+3/p-6/t;;6*9-;;/m..111111../s1. The molecule has 0 fully saturated rings. The van der Waals surface area contributed by atoms with Gasteiger partial charge in [0, 0.05) is 118 Å². The molecular weight excluding hydrogens is 1570 g/mol. The van der Waals surface area contributed by atoms with Crippen LogP contribution < -0.4 is 30.6 Å². The van der Waals surface area contributed by atoms with Crippen molar-refractivity contribution in [3.63, 3.8) is 0 Å². The van der Waals surface area contributed by atoms with E-state index in [0.29, 0.717) is 38.5 Å². The van der Waals surface area contributed by atoms with E-state index in [2.05, 4.69) is 68.5 Å². The Morgan fingerprint density at radius 1 is 0.225 bits per heavy atom. The normalized spacial score (nSPS) is 11.7. The van der Waals surface area contributed by atoms with Crippen LogP contribution in [0, 0.1) is 79.9 Å². The zero-order valence-electron chi connectivity index (χ0n) is 57.7. The third-order valence-electron chi connectivity index (χ3n) is 16.1. The molecule has 0 N–H and O–H groups in total. The summed E-state index contributed by atoms with van der Waals surface area (Å²) < 4.78 is 0. The molecule has 0 saturated heterocycles. The maximum atomic E-state index is 10.6. The van der Waals surface area contributed by atoms with Crippen molar-refractivity contribution in [3.05, 3.63) is 313 Å². The molecule has 6 atom stereocenters. The number of hydrogen-bond donors (Lipinski definition) is 0. The fraction of sp³-hybridized carbons (Fsp3) is 0.214. The summed E-state index contributed by atoms with van der Waals surface area (Å²) in [6, 6.07) is 79.2. The first kappa shape index (κ1) is 87.1. The summed E-state index contributed by atoms with van der Waals surface area (Å²) in [6.45, 7) is 11.0. The molecule has 8 aromatic carbocycles. The number of pyridine rings is 4. The van der Waals surface area contributed by atoms with Gasteiger partial charge in [-0.2, -0.15) is 0 Å². The van der Waals surface area contributed by atoms with E-state index in [1.54, 1.807) is 24.8 Å². The van der Waals surface area contributed by atoms with Crippen molar-refractivity contribution in [3.8, 4) is 0 Å². The Morgan fingerprint density at radius 2 is 0.363 bits per heavy atom. The maximum absolute atomic E-state index is 10.6. The number of aromatic nitrogens is 4. The third-order valence-corrected chi connectivity index (χ3v) is 16.1. The number of nitrogens with zero attached hydrogens (tertiary/aromatic N) is 4. The Balaban J connectivity index is 0.000000303. The number of carboxylic acid groups (broad SMARTS) is 6. The zero-order chi connectivity index (χ0) is 72.6. The van der Waals surface area contributed by atoms with Crippen LogP contribution in [0.25, 0.3) is 43.6 Å². The van der Waals surface area contributed by atoms with Crippen molar-refractivity contribution < 1.29 is 139 Å². The molecule has 0 unspecified atom stereocenters. The maximum Gasteiger partial charge on any atom is 3.00 e. The fourth-order valence-corrected chi connectivity index (χ4v) is 10.7. The molecule has 16 nitrogen and oxygen atoms in total. The average Bonchev–Trinajstić information content (AvgIpc) is 0.803. The van der Waals surface area contributed by atoms with Gasteiger partial charge in [-0.1, -0.05) is 272 Å². The second kappa shape index (κ2) is 48.7. The second-order valence-electron chi connectivity index (χ2n) is 22.6. The molecule has 0 amide bonds. The molecule has 12 aromatic rings. The molecular formula is C84H82Gd2N4O12. The Morgan fingerprint density at radius 3 is 0.480 bits per heavy atom. The van der Waals surface area contributed by atoms with E-state index in [1.165, 1.54) is 0 Å². The zero-order valence-corrected chi connectivity index (χ0v) is 62.2. The van der Waals surface area contributed by atoms with Crippen LogP contribution in [-0.4, -0.2) is 55.8 Å². The van der Waals surface area contributed by atoms with Crippen LogP contribution in [0.1, 0.15) is 149 Å². The SMILES string of the molecule is CC[C@@H](C(=O)[O-])c1ccccc1.CC[C@@H](C(=O)[O-])c1ccccc1.CC[C@@H](C(=O)[O-])c1ccccc1.CC[C@@H](C(=O)[O-])c1ccccc1.CC[C@@H](C(=O)[O-])c1ccccc1.CC[C@@H](C(=O)[O-])c1ccccc1.[Gd+3].[Gd+3].c1cnc2c(c1)ccc1cccnc12.c1cnc2c(c1)ccc1cccnc12. The summed E-state index contributed by atoms with van der Waals surface area (Å²) in [5, 5.41) is 68.3. The first-order chi connectivity index (χ1) is 48.4. The average molecular weight is 1650 g/mol. The van der Waals surface area contributed by atoms with E-state index in [-0.39, 0.29) is 79.9 Å². The van der Waals surface area contributed by atoms with Gasteiger partial charge in [-0.25, -0.2) is 0 Å². The number of benzene rings is 8. The largest absolute Gasteiger partial charge is 3.00 e. The minimum absolute atomic E-state index is 0. The molecule has 12 rings (SSSR count). The van der Waals surface area contributed by atoms with Gasteiger partial charge in [0.1, 0.15) is 0 Å². The van der Waals surface area contributed by atoms with Crippen LogP contribution in [0.5, 0.6) is 0 Å². The molecule has 2 radical (unpaired) electrons. The van der Waals surface area contributed by atoms with Gasteiger partial charge in [0.15, 0.2) is 0 Å². The minimum atomic E-state index is -0.997.